The van der Waals surface area contributed by atoms with Gasteiger partial charge < -0.3 is 18.9 Å². The minimum Gasteiger partial charge on any atom is -0.491 e. The molecule has 2 heterocycles. The molecule has 4 rings (SSSR count). The van der Waals surface area contributed by atoms with Gasteiger partial charge in [0, 0.05) is 18.0 Å². The Bertz CT molecular complexity index is 1220. The minimum absolute atomic E-state index is 0.00768. The van der Waals surface area contributed by atoms with Gasteiger partial charge in [-0.05, 0) is 36.2 Å². The molecule has 1 fully saturated rings. The Hall–Kier alpha value is -3.71. The first kappa shape index (κ1) is 27.3. The van der Waals surface area contributed by atoms with E-state index in [1.165, 1.54) is 20.3 Å². The first-order chi connectivity index (χ1) is 17.8. The van der Waals surface area contributed by atoms with E-state index in [-0.39, 0.29) is 36.4 Å². The number of nitrogens with zero attached hydrogens (tertiary/aromatic N) is 2. The summed E-state index contributed by atoms with van der Waals surface area (Å²) in [5.41, 5.74) is -2.94. The summed E-state index contributed by atoms with van der Waals surface area (Å²) in [5, 5.41) is 0. The van der Waals surface area contributed by atoms with Crippen molar-refractivity contribution in [3.05, 3.63) is 52.2 Å². The van der Waals surface area contributed by atoms with Crippen LogP contribution in [0, 0.1) is 5.92 Å². The monoisotopic (exact) mass is 548 g/mol. The molecule has 1 aromatic carbocycles. The fourth-order valence-electron chi connectivity index (χ4n) is 4.86. The number of amides is 1. The Morgan fingerprint density at radius 2 is 1.66 bits per heavy atom. The van der Waals surface area contributed by atoms with Gasteiger partial charge in [0.15, 0.2) is 5.75 Å². The number of hydrogen-bond acceptors (Lipinski definition) is 7. The summed E-state index contributed by atoms with van der Waals surface area (Å²) in [6, 6.07) is 1.62. The van der Waals surface area contributed by atoms with Crippen LogP contribution in [-0.2, 0) is 33.2 Å². The van der Waals surface area contributed by atoms with E-state index < -0.39 is 65.5 Å². The quantitative estimate of drug-likeness (QED) is 0.379. The van der Waals surface area contributed by atoms with E-state index in [2.05, 4.69) is 4.98 Å². The lowest BCUT2D eigenvalue weighted by Gasteiger charge is -2.38. The lowest BCUT2D eigenvalue weighted by Crippen LogP contribution is -2.39. The Morgan fingerprint density at radius 1 is 1.03 bits per heavy atom. The maximum absolute atomic E-state index is 13.4. The van der Waals surface area contributed by atoms with Crippen LogP contribution < -0.4 is 9.47 Å². The van der Waals surface area contributed by atoms with Gasteiger partial charge >= 0.3 is 24.4 Å². The van der Waals surface area contributed by atoms with E-state index in [1.54, 1.807) is 0 Å². The summed E-state index contributed by atoms with van der Waals surface area (Å²) in [5.74, 6) is -1.63. The number of carbonyl (C=O) groups excluding carboxylic acids is 2. The highest BCUT2D eigenvalue weighted by molar-refractivity contribution is 5.81. The number of pyridine rings is 1. The van der Waals surface area contributed by atoms with Gasteiger partial charge in [-0.25, -0.2) is 9.78 Å². The number of rotatable bonds is 5. The number of benzene rings is 1. The first-order valence-corrected chi connectivity index (χ1v) is 11.2. The van der Waals surface area contributed by atoms with Crippen molar-refractivity contribution in [3.8, 4) is 11.6 Å². The van der Waals surface area contributed by atoms with Crippen LogP contribution in [0.3, 0.4) is 0 Å². The first-order valence-electron chi connectivity index (χ1n) is 11.2. The molecule has 38 heavy (non-hydrogen) atoms. The van der Waals surface area contributed by atoms with E-state index in [9.17, 15) is 35.9 Å². The largest absolute Gasteiger partial charge is 0.491 e. The molecule has 0 spiro atoms. The van der Waals surface area contributed by atoms with E-state index >= 15 is 0 Å². The maximum atomic E-state index is 13.4. The van der Waals surface area contributed by atoms with Crippen LogP contribution in [0.25, 0.3) is 0 Å². The second-order valence-corrected chi connectivity index (χ2v) is 8.81. The second kappa shape index (κ2) is 9.87. The van der Waals surface area contributed by atoms with Crippen LogP contribution in [0.5, 0.6) is 11.6 Å². The van der Waals surface area contributed by atoms with Gasteiger partial charge in [-0.3, -0.25) is 9.69 Å². The summed E-state index contributed by atoms with van der Waals surface area (Å²) in [6.07, 6.45) is -11.0. The number of carbonyl (C=O) groups is 2. The van der Waals surface area contributed by atoms with Crippen molar-refractivity contribution in [2.24, 2.45) is 5.92 Å². The third-order valence-electron chi connectivity index (χ3n) is 6.56. The van der Waals surface area contributed by atoms with Crippen molar-refractivity contribution < 1.29 is 54.9 Å². The molecule has 0 N–H and O–H groups in total. The highest BCUT2D eigenvalue weighted by Crippen LogP contribution is 2.49. The molecular formula is C24H22F6N2O6. The van der Waals surface area contributed by atoms with Crippen LogP contribution in [0.4, 0.5) is 31.1 Å². The highest BCUT2D eigenvalue weighted by atomic mass is 19.4. The van der Waals surface area contributed by atoms with Crippen LogP contribution in [0.2, 0.25) is 0 Å². The standard InChI is InChI=1S/C24H22F6N2O6/c1-35-17-8-15-16(6-12-10-38-21(33)18(12)19(15)31-20(17)36-2)32(22(34)37-3)9-11-4-13(23(25,26)27)7-14(5-11)24(28,29)30/h4-5,7-8,12,16,18H,6,9-10H2,1-3H3. The number of cyclic esters (lactones) is 1. The number of methoxy groups -OCH3 is 3. The van der Waals surface area contributed by atoms with Crippen molar-refractivity contribution in [1.29, 1.82) is 0 Å². The summed E-state index contributed by atoms with van der Waals surface area (Å²) in [4.78, 5) is 30.8. The lowest BCUT2D eigenvalue weighted by molar-refractivity contribution is -0.143. The molecule has 1 amide bonds. The summed E-state index contributed by atoms with van der Waals surface area (Å²) in [7, 11) is 3.69. The molecule has 0 bridgehead atoms. The van der Waals surface area contributed by atoms with Crippen molar-refractivity contribution in [2.45, 2.75) is 37.3 Å². The van der Waals surface area contributed by atoms with E-state index in [0.717, 1.165) is 12.0 Å². The number of halogens is 6. The highest BCUT2D eigenvalue weighted by Gasteiger charge is 2.49. The van der Waals surface area contributed by atoms with Crippen molar-refractivity contribution >= 4 is 12.1 Å². The third-order valence-corrected chi connectivity index (χ3v) is 6.56. The zero-order chi connectivity index (χ0) is 28.0. The number of fused-ring (bicyclic) bond motifs is 3. The van der Waals surface area contributed by atoms with Crippen LogP contribution >= 0.6 is 0 Å². The molecule has 206 valence electrons. The smallest absolute Gasteiger partial charge is 0.416 e. The molecule has 2 aliphatic rings. The average molecular weight is 548 g/mol. The van der Waals surface area contributed by atoms with Gasteiger partial charge in [0.1, 0.15) is 5.92 Å². The van der Waals surface area contributed by atoms with Gasteiger partial charge in [0.05, 0.1) is 50.8 Å². The molecule has 14 heteroatoms. The maximum Gasteiger partial charge on any atom is 0.416 e. The third kappa shape index (κ3) is 5.03. The molecule has 0 radical (unpaired) electrons. The predicted molar refractivity (Wildman–Crippen MR) is 116 cm³/mol. The minimum atomic E-state index is -5.06. The second-order valence-electron chi connectivity index (χ2n) is 8.81. The zero-order valence-corrected chi connectivity index (χ0v) is 20.3. The molecule has 1 aliphatic carbocycles. The Morgan fingerprint density at radius 3 is 2.18 bits per heavy atom. The van der Waals surface area contributed by atoms with E-state index in [4.69, 9.17) is 18.9 Å². The summed E-state index contributed by atoms with van der Waals surface area (Å²) < 4.78 is 101. The number of ether oxygens (including phenoxy) is 4. The van der Waals surface area contributed by atoms with Crippen LogP contribution in [0.15, 0.2) is 24.3 Å². The normalized spacial score (nSPS) is 20.8. The fraction of sp³-hybridized carbons (Fsp3) is 0.458. The summed E-state index contributed by atoms with van der Waals surface area (Å²) >= 11 is 0. The topological polar surface area (TPSA) is 87.2 Å². The van der Waals surface area contributed by atoms with Crippen LogP contribution in [0.1, 0.15) is 46.3 Å². The number of hydrogen-bond donors (Lipinski definition) is 0. The van der Waals surface area contributed by atoms with Gasteiger partial charge in [0.2, 0.25) is 0 Å². The molecule has 1 aromatic heterocycles. The number of aromatic nitrogens is 1. The van der Waals surface area contributed by atoms with E-state index in [0.29, 0.717) is 17.7 Å². The Labute approximate surface area is 212 Å². The van der Waals surface area contributed by atoms with Crippen molar-refractivity contribution in [1.82, 2.24) is 9.88 Å². The fourth-order valence-corrected chi connectivity index (χ4v) is 4.86. The van der Waals surface area contributed by atoms with Gasteiger partial charge in [0.25, 0.3) is 5.88 Å². The zero-order valence-electron chi connectivity index (χ0n) is 20.3. The van der Waals surface area contributed by atoms with Crippen LogP contribution in [-0.4, -0.2) is 49.9 Å². The number of esters is 1. The van der Waals surface area contributed by atoms with E-state index in [1.807, 2.05) is 0 Å². The van der Waals surface area contributed by atoms with Gasteiger partial charge in [-0.1, -0.05) is 0 Å². The molecule has 2 aromatic rings. The SMILES string of the molecule is COC(=O)N(Cc1cc(C(F)(F)F)cc(C(F)(F)F)c1)C1CC2COC(=O)C2c2nc(OC)c(OC)cc21. The molecule has 0 saturated carbocycles. The average Bonchev–Trinajstić information content (AvgIpc) is 3.24. The van der Waals surface area contributed by atoms with Gasteiger partial charge in [-0.2, -0.15) is 26.3 Å². The molecule has 1 saturated heterocycles. The summed E-state index contributed by atoms with van der Waals surface area (Å²) in [6.45, 7) is -0.670. The number of alkyl halides is 6. The van der Waals surface area contributed by atoms with Crippen molar-refractivity contribution in [3.63, 3.8) is 0 Å². The lowest BCUT2D eigenvalue weighted by atomic mass is 9.76. The molecular weight excluding hydrogens is 526 g/mol. The molecule has 8 nitrogen and oxygen atoms in total. The van der Waals surface area contributed by atoms with Gasteiger partial charge in [-0.15, -0.1) is 0 Å². The molecule has 3 atom stereocenters. The Kier molecular flexibility index (Phi) is 7.10. The molecule has 3 unspecified atom stereocenters. The predicted octanol–water partition coefficient (Wildman–Crippen LogP) is 5.11. The molecule has 1 aliphatic heterocycles. The Balaban J connectivity index is 1.85. The van der Waals surface area contributed by atoms with Crippen molar-refractivity contribution in [2.75, 3.05) is 27.9 Å².